The Kier molecular flexibility index (Phi) is 5.11. The molecule has 0 saturated carbocycles. The number of para-hydroxylation sites is 1. The highest BCUT2D eigenvalue weighted by atomic mass is 15.2. The molecule has 0 radical (unpaired) electrons. The molecule has 202 valence electrons. The molecule has 4 nitrogen and oxygen atoms in total. The van der Waals surface area contributed by atoms with Crippen LogP contribution in [-0.2, 0) is 0 Å². The summed E-state index contributed by atoms with van der Waals surface area (Å²) in [7, 11) is 0. The second-order valence-electron chi connectivity index (χ2n) is 10.3. The zero-order chi connectivity index (χ0) is 32.1. The maximum absolute atomic E-state index is 9.04. The lowest BCUT2D eigenvalue weighted by atomic mass is 9.98. The highest BCUT2D eigenvalue weighted by Crippen LogP contribution is 2.36. The van der Waals surface area contributed by atoms with Crippen LogP contribution >= 0.6 is 0 Å². The van der Waals surface area contributed by atoms with E-state index in [1.54, 1.807) is 4.57 Å². The molecule has 8 rings (SSSR count). The van der Waals surface area contributed by atoms with Gasteiger partial charge in [0.2, 0.25) is 5.95 Å². The van der Waals surface area contributed by atoms with Gasteiger partial charge in [-0.2, -0.15) is 9.97 Å². The van der Waals surface area contributed by atoms with Crippen LogP contribution in [0.4, 0.5) is 0 Å². The van der Waals surface area contributed by atoms with Crippen molar-refractivity contribution in [2.45, 2.75) is 0 Å². The molecule has 0 spiro atoms. The Hall–Kier alpha value is -5.87. The first-order valence-electron chi connectivity index (χ1n) is 16.1. The minimum absolute atomic E-state index is 0.111. The lowest BCUT2D eigenvalue weighted by molar-refractivity contribution is 0.953. The molecule has 8 aromatic rings. The highest BCUT2D eigenvalue weighted by molar-refractivity contribution is 6.10. The average molecular weight is 555 g/mol. The summed E-state index contributed by atoms with van der Waals surface area (Å²) in [5.41, 5.74) is 6.69. The van der Waals surface area contributed by atoms with E-state index in [0.717, 1.165) is 33.4 Å². The lowest BCUT2D eigenvalue weighted by Gasteiger charge is -2.11. The Morgan fingerprint density at radius 1 is 0.419 bits per heavy atom. The van der Waals surface area contributed by atoms with E-state index in [4.69, 9.17) is 20.4 Å². The predicted octanol–water partition coefficient (Wildman–Crippen LogP) is 9.64. The van der Waals surface area contributed by atoms with Crippen molar-refractivity contribution < 1.29 is 5.48 Å². The largest absolute Gasteiger partial charge is 0.278 e. The second kappa shape index (κ2) is 10.5. The third-order valence-corrected chi connectivity index (χ3v) is 7.59. The van der Waals surface area contributed by atoms with Gasteiger partial charge in [0.15, 0.2) is 11.6 Å². The van der Waals surface area contributed by atoms with Crippen LogP contribution in [0.2, 0.25) is 0 Å². The van der Waals surface area contributed by atoms with E-state index in [2.05, 4.69) is 24.3 Å². The molecule has 0 bridgehead atoms. The van der Waals surface area contributed by atoms with Gasteiger partial charge in [0.1, 0.15) is 0 Å². The summed E-state index contributed by atoms with van der Waals surface area (Å²) in [4.78, 5) is 14.6. The monoisotopic (exact) mass is 554 g/mol. The zero-order valence-corrected chi connectivity index (χ0v) is 23.0. The van der Waals surface area contributed by atoms with Gasteiger partial charge in [-0.1, -0.05) is 133 Å². The maximum atomic E-state index is 9.04. The van der Waals surface area contributed by atoms with Crippen molar-refractivity contribution in [1.82, 2.24) is 19.5 Å². The summed E-state index contributed by atoms with van der Waals surface area (Å²) in [6, 6.07) is 42.8. The molecule has 2 heterocycles. The Labute approximate surface area is 255 Å². The van der Waals surface area contributed by atoms with Crippen LogP contribution in [0.3, 0.4) is 0 Å². The summed E-state index contributed by atoms with van der Waals surface area (Å²) in [6.45, 7) is 0. The predicted molar refractivity (Wildman–Crippen MR) is 176 cm³/mol. The average Bonchev–Trinajstić information content (AvgIpc) is 3.49. The minimum atomic E-state index is -0.317. The van der Waals surface area contributed by atoms with Gasteiger partial charge in [0.25, 0.3) is 0 Å². The third-order valence-electron chi connectivity index (χ3n) is 7.59. The summed E-state index contributed by atoms with van der Waals surface area (Å²) >= 11 is 0. The normalized spacial score (nSPS) is 12.6. The van der Waals surface area contributed by atoms with Crippen LogP contribution in [0, 0.1) is 0 Å². The molecular weight excluding hydrogens is 524 g/mol. The van der Waals surface area contributed by atoms with E-state index in [1.807, 2.05) is 109 Å². The summed E-state index contributed by atoms with van der Waals surface area (Å²) < 4.78 is 36.9. The Bertz CT molecular complexity index is 2390. The fourth-order valence-corrected chi connectivity index (χ4v) is 5.51. The number of hydrogen-bond donors (Lipinski definition) is 0. The van der Waals surface area contributed by atoms with Crippen molar-refractivity contribution in [3.63, 3.8) is 0 Å². The van der Waals surface area contributed by atoms with Crippen LogP contribution in [0.25, 0.3) is 72.8 Å². The molecule has 0 aliphatic rings. The standard InChI is InChI=1S/C39H26N4/c1-4-13-27(14-5-1)30-19-12-20-31(25-30)32-23-24-36-34(26-32)33-21-10-11-22-35(33)43(36)39-41-37(28-15-6-2-7-16-28)40-38(42-39)29-17-8-3-9-18-29/h1-26H/i10D,11D,21D,22D. The minimum Gasteiger partial charge on any atom is -0.278 e. The Morgan fingerprint density at radius 3 is 1.60 bits per heavy atom. The van der Waals surface area contributed by atoms with E-state index in [0.29, 0.717) is 33.5 Å². The number of nitrogens with zero attached hydrogens (tertiary/aromatic N) is 4. The SMILES string of the molecule is [2H]c1c([2H])c([2H])c2c(c1[2H])c1cc(-c3cccc(-c4ccccc4)c3)ccc1n2-c1nc(-c2ccccc2)nc(-c2ccccc2)n1. The van der Waals surface area contributed by atoms with Crippen molar-refractivity contribution in [2.24, 2.45) is 0 Å². The van der Waals surface area contributed by atoms with Crippen molar-refractivity contribution in [3.05, 3.63) is 158 Å². The molecule has 0 aliphatic heterocycles. The van der Waals surface area contributed by atoms with Crippen molar-refractivity contribution >= 4 is 21.8 Å². The number of fused-ring (bicyclic) bond motifs is 3. The van der Waals surface area contributed by atoms with Crippen LogP contribution in [0.5, 0.6) is 0 Å². The molecule has 2 aromatic heterocycles. The van der Waals surface area contributed by atoms with E-state index in [-0.39, 0.29) is 30.1 Å². The topological polar surface area (TPSA) is 43.6 Å². The lowest BCUT2D eigenvalue weighted by Crippen LogP contribution is -2.06. The van der Waals surface area contributed by atoms with Gasteiger partial charge in [-0.3, -0.25) is 4.57 Å². The fraction of sp³-hybridized carbons (Fsp3) is 0. The molecule has 4 heteroatoms. The zero-order valence-electron chi connectivity index (χ0n) is 27.0. The second-order valence-corrected chi connectivity index (χ2v) is 10.3. The van der Waals surface area contributed by atoms with Gasteiger partial charge in [-0.25, -0.2) is 4.98 Å². The van der Waals surface area contributed by atoms with Crippen molar-refractivity contribution in [3.8, 4) is 51.0 Å². The molecule has 0 saturated heterocycles. The highest BCUT2D eigenvalue weighted by Gasteiger charge is 2.18. The van der Waals surface area contributed by atoms with Crippen molar-refractivity contribution in [2.75, 3.05) is 0 Å². The number of aromatic nitrogens is 4. The summed E-state index contributed by atoms with van der Waals surface area (Å²) in [5.74, 6) is 1.18. The van der Waals surface area contributed by atoms with Crippen LogP contribution < -0.4 is 0 Å². The quantitative estimate of drug-likeness (QED) is 0.213. The maximum Gasteiger partial charge on any atom is 0.238 e. The Balaban J connectivity index is 1.42. The number of hydrogen-bond acceptors (Lipinski definition) is 3. The summed E-state index contributed by atoms with van der Waals surface area (Å²) in [6.07, 6.45) is 0. The molecule has 0 atom stereocenters. The van der Waals surface area contributed by atoms with Gasteiger partial charge in [-0.05, 0) is 46.5 Å². The molecular formula is C39H26N4. The van der Waals surface area contributed by atoms with E-state index < -0.39 is 0 Å². The number of benzene rings is 6. The molecule has 0 N–H and O–H groups in total. The van der Waals surface area contributed by atoms with E-state index >= 15 is 0 Å². The molecule has 0 amide bonds. The third kappa shape index (κ3) is 4.55. The summed E-state index contributed by atoms with van der Waals surface area (Å²) in [5, 5.41) is 1.09. The van der Waals surface area contributed by atoms with Gasteiger partial charge in [-0.15, -0.1) is 0 Å². The first-order chi connectivity index (χ1) is 23.0. The molecule has 43 heavy (non-hydrogen) atoms. The smallest absolute Gasteiger partial charge is 0.238 e. The number of rotatable bonds is 5. The van der Waals surface area contributed by atoms with Gasteiger partial charge < -0.3 is 0 Å². The van der Waals surface area contributed by atoms with E-state index in [1.165, 1.54) is 0 Å². The fourth-order valence-electron chi connectivity index (χ4n) is 5.51. The van der Waals surface area contributed by atoms with Gasteiger partial charge in [0, 0.05) is 21.9 Å². The van der Waals surface area contributed by atoms with Gasteiger partial charge in [0.05, 0.1) is 16.5 Å². The Morgan fingerprint density at radius 2 is 0.953 bits per heavy atom. The van der Waals surface area contributed by atoms with Gasteiger partial charge >= 0.3 is 0 Å². The van der Waals surface area contributed by atoms with Crippen molar-refractivity contribution in [1.29, 1.82) is 0 Å². The first-order valence-corrected chi connectivity index (χ1v) is 14.1. The first kappa shape index (κ1) is 20.9. The van der Waals surface area contributed by atoms with Crippen LogP contribution in [-0.4, -0.2) is 19.5 Å². The van der Waals surface area contributed by atoms with E-state index in [9.17, 15) is 0 Å². The molecule has 0 unspecified atom stereocenters. The molecule has 6 aromatic carbocycles. The molecule has 0 fully saturated rings. The van der Waals surface area contributed by atoms with Crippen LogP contribution in [0.1, 0.15) is 5.48 Å². The molecule has 0 aliphatic carbocycles. The van der Waals surface area contributed by atoms with Crippen LogP contribution in [0.15, 0.2) is 158 Å².